The highest BCUT2D eigenvalue weighted by Crippen LogP contribution is 2.26. The van der Waals surface area contributed by atoms with Crippen LogP contribution in [0.1, 0.15) is 18.0 Å². The number of hydrogen-bond acceptors (Lipinski definition) is 4. The molecule has 1 amide bonds. The van der Waals surface area contributed by atoms with Crippen molar-refractivity contribution in [3.8, 4) is 0 Å². The van der Waals surface area contributed by atoms with E-state index in [4.69, 9.17) is 17.3 Å². The first-order valence-electron chi connectivity index (χ1n) is 6.49. The van der Waals surface area contributed by atoms with Gasteiger partial charge in [0.25, 0.3) is 5.56 Å². The number of aryl methyl sites for hydroxylation is 1. The number of aromatic nitrogens is 2. The lowest BCUT2D eigenvalue weighted by Crippen LogP contribution is -2.34. The Labute approximate surface area is 125 Å². The van der Waals surface area contributed by atoms with Gasteiger partial charge in [0.05, 0.1) is 0 Å². The Morgan fingerprint density at radius 2 is 2.10 bits per heavy atom. The third-order valence-corrected chi connectivity index (χ3v) is 3.88. The minimum absolute atomic E-state index is 0.0476. The molecule has 21 heavy (non-hydrogen) atoms. The third kappa shape index (κ3) is 2.38. The van der Waals surface area contributed by atoms with E-state index in [1.165, 1.54) is 10.9 Å². The molecule has 1 aromatic carbocycles. The van der Waals surface area contributed by atoms with E-state index in [0.717, 1.165) is 11.3 Å². The SMILES string of the molecule is Nc1c(Cl)ncn(C2CCc3ccccc3NC2=O)c1=O. The smallest absolute Gasteiger partial charge is 0.278 e. The van der Waals surface area contributed by atoms with Crippen LogP contribution < -0.4 is 16.6 Å². The lowest BCUT2D eigenvalue weighted by atomic mass is 10.1. The maximum Gasteiger partial charge on any atom is 0.278 e. The van der Waals surface area contributed by atoms with Gasteiger partial charge >= 0.3 is 0 Å². The molecule has 1 aliphatic heterocycles. The molecule has 3 N–H and O–H groups in total. The second-order valence-corrected chi connectivity index (χ2v) is 5.22. The number of rotatable bonds is 1. The number of nitrogen functional groups attached to an aromatic ring is 1. The van der Waals surface area contributed by atoms with Crippen molar-refractivity contribution in [1.29, 1.82) is 0 Å². The van der Waals surface area contributed by atoms with Gasteiger partial charge in [-0.05, 0) is 24.5 Å². The van der Waals surface area contributed by atoms with Crippen molar-refractivity contribution in [2.24, 2.45) is 0 Å². The van der Waals surface area contributed by atoms with E-state index < -0.39 is 11.6 Å². The number of benzene rings is 1. The van der Waals surface area contributed by atoms with Crippen LogP contribution in [0, 0.1) is 0 Å². The maximum absolute atomic E-state index is 12.4. The third-order valence-electron chi connectivity index (χ3n) is 3.58. The topological polar surface area (TPSA) is 90.0 Å². The predicted octanol–water partition coefficient (Wildman–Crippen LogP) is 1.60. The molecule has 0 spiro atoms. The fourth-order valence-electron chi connectivity index (χ4n) is 2.45. The molecule has 1 aromatic heterocycles. The fraction of sp³-hybridized carbons (Fsp3) is 0.214. The van der Waals surface area contributed by atoms with Crippen LogP contribution in [-0.4, -0.2) is 15.5 Å². The molecule has 1 unspecified atom stereocenters. The van der Waals surface area contributed by atoms with Crippen LogP contribution in [0.15, 0.2) is 35.4 Å². The average Bonchev–Trinajstić information content (AvgIpc) is 2.64. The van der Waals surface area contributed by atoms with Crippen LogP contribution in [0.4, 0.5) is 11.4 Å². The summed E-state index contributed by atoms with van der Waals surface area (Å²) in [5.41, 5.74) is 6.76. The zero-order valence-corrected chi connectivity index (χ0v) is 11.8. The van der Waals surface area contributed by atoms with Gasteiger partial charge in [-0.2, -0.15) is 0 Å². The summed E-state index contributed by atoms with van der Waals surface area (Å²) in [4.78, 5) is 28.4. The van der Waals surface area contributed by atoms with Gasteiger partial charge in [0.2, 0.25) is 5.91 Å². The zero-order valence-electron chi connectivity index (χ0n) is 11.0. The number of anilines is 2. The maximum atomic E-state index is 12.4. The Morgan fingerprint density at radius 1 is 1.33 bits per heavy atom. The number of amides is 1. The Morgan fingerprint density at radius 3 is 2.90 bits per heavy atom. The number of nitrogens with one attached hydrogen (secondary N) is 1. The quantitative estimate of drug-likeness (QED) is 0.783. The molecule has 0 saturated carbocycles. The number of carbonyl (C=O) groups excluding carboxylic acids is 1. The monoisotopic (exact) mass is 304 g/mol. The van der Waals surface area contributed by atoms with Crippen molar-refractivity contribution in [2.45, 2.75) is 18.9 Å². The number of para-hydroxylation sites is 1. The number of fused-ring (bicyclic) bond motifs is 1. The largest absolute Gasteiger partial charge is 0.392 e. The molecule has 0 bridgehead atoms. The molecular formula is C14H13ClN4O2. The fourth-order valence-corrected chi connectivity index (χ4v) is 2.57. The van der Waals surface area contributed by atoms with Gasteiger partial charge in [0.15, 0.2) is 5.15 Å². The highest BCUT2D eigenvalue weighted by Gasteiger charge is 2.26. The number of hydrogen-bond donors (Lipinski definition) is 2. The average molecular weight is 305 g/mol. The second-order valence-electron chi connectivity index (χ2n) is 4.86. The van der Waals surface area contributed by atoms with Crippen LogP contribution in [-0.2, 0) is 11.2 Å². The molecule has 1 atom stereocenters. The first-order valence-corrected chi connectivity index (χ1v) is 6.86. The zero-order chi connectivity index (χ0) is 15.0. The van der Waals surface area contributed by atoms with E-state index in [-0.39, 0.29) is 16.7 Å². The van der Waals surface area contributed by atoms with Crippen molar-refractivity contribution >= 4 is 28.9 Å². The summed E-state index contributed by atoms with van der Waals surface area (Å²) in [5.74, 6) is -0.259. The summed E-state index contributed by atoms with van der Waals surface area (Å²) >= 11 is 5.72. The number of nitrogens with two attached hydrogens (primary N) is 1. The van der Waals surface area contributed by atoms with Crippen molar-refractivity contribution in [2.75, 3.05) is 11.1 Å². The van der Waals surface area contributed by atoms with Crippen LogP contribution in [0.25, 0.3) is 0 Å². The Balaban J connectivity index is 2.00. The molecule has 1 aliphatic rings. The molecule has 3 rings (SSSR count). The molecular weight excluding hydrogens is 292 g/mol. The summed E-state index contributed by atoms with van der Waals surface area (Å²) in [5, 5.41) is 2.78. The standard InChI is InChI=1S/C14H13ClN4O2/c15-12-11(16)14(21)19(7-17-12)10-6-5-8-3-1-2-4-9(8)18-13(10)20/h1-4,7,10H,5-6,16H2,(H,18,20). The lowest BCUT2D eigenvalue weighted by molar-refractivity contribution is -0.119. The van der Waals surface area contributed by atoms with Gasteiger partial charge in [-0.25, -0.2) is 4.98 Å². The van der Waals surface area contributed by atoms with Gasteiger partial charge in [-0.1, -0.05) is 29.8 Å². The highest BCUT2D eigenvalue weighted by molar-refractivity contribution is 6.31. The van der Waals surface area contributed by atoms with E-state index in [0.29, 0.717) is 12.8 Å². The molecule has 2 heterocycles. The van der Waals surface area contributed by atoms with E-state index in [9.17, 15) is 9.59 Å². The van der Waals surface area contributed by atoms with Crippen LogP contribution in [0.5, 0.6) is 0 Å². The van der Waals surface area contributed by atoms with Crippen molar-refractivity contribution < 1.29 is 4.79 Å². The Hall–Kier alpha value is -2.34. The Kier molecular flexibility index (Phi) is 3.39. The molecule has 6 nitrogen and oxygen atoms in total. The van der Waals surface area contributed by atoms with E-state index in [1.54, 1.807) is 0 Å². The normalized spacial score (nSPS) is 17.8. The molecule has 0 aliphatic carbocycles. The molecule has 7 heteroatoms. The van der Waals surface area contributed by atoms with Crippen molar-refractivity contribution in [3.63, 3.8) is 0 Å². The van der Waals surface area contributed by atoms with Gasteiger partial charge in [-0.3, -0.25) is 14.2 Å². The van der Waals surface area contributed by atoms with E-state index in [1.807, 2.05) is 24.3 Å². The summed E-state index contributed by atoms with van der Waals surface area (Å²) in [7, 11) is 0. The second kappa shape index (κ2) is 5.21. The van der Waals surface area contributed by atoms with Gasteiger partial charge in [0, 0.05) is 5.69 Å². The minimum atomic E-state index is -0.656. The molecule has 0 saturated heterocycles. The van der Waals surface area contributed by atoms with E-state index in [2.05, 4.69) is 10.3 Å². The van der Waals surface area contributed by atoms with Crippen LogP contribution in [0.3, 0.4) is 0 Å². The van der Waals surface area contributed by atoms with Crippen LogP contribution >= 0.6 is 11.6 Å². The first-order chi connectivity index (χ1) is 10.1. The summed E-state index contributed by atoms with van der Waals surface area (Å²) < 4.78 is 1.24. The highest BCUT2D eigenvalue weighted by atomic mass is 35.5. The molecule has 2 aromatic rings. The first kappa shape index (κ1) is 13.6. The summed E-state index contributed by atoms with van der Waals surface area (Å²) in [6, 6.07) is 6.91. The van der Waals surface area contributed by atoms with Crippen LogP contribution in [0.2, 0.25) is 5.15 Å². The number of nitrogens with zero attached hydrogens (tertiary/aromatic N) is 2. The van der Waals surface area contributed by atoms with Crippen molar-refractivity contribution in [3.05, 3.63) is 51.7 Å². The van der Waals surface area contributed by atoms with Gasteiger partial charge in [0.1, 0.15) is 18.1 Å². The Bertz CT molecular complexity index is 772. The molecule has 0 fully saturated rings. The predicted molar refractivity (Wildman–Crippen MR) is 80.3 cm³/mol. The number of carbonyl (C=O) groups is 1. The molecule has 108 valence electrons. The summed E-state index contributed by atoms with van der Waals surface area (Å²) in [6.45, 7) is 0. The summed E-state index contributed by atoms with van der Waals surface area (Å²) in [6.07, 6.45) is 2.43. The van der Waals surface area contributed by atoms with E-state index >= 15 is 0 Å². The van der Waals surface area contributed by atoms with Gasteiger partial charge in [-0.15, -0.1) is 0 Å². The molecule has 0 radical (unpaired) electrons. The lowest BCUT2D eigenvalue weighted by Gasteiger charge is -2.16. The van der Waals surface area contributed by atoms with Crippen molar-refractivity contribution in [1.82, 2.24) is 9.55 Å². The minimum Gasteiger partial charge on any atom is -0.392 e. The van der Waals surface area contributed by atoms with Gasteiger partial charge < -0.3 is 11.1 Å². The number of halogens is 1.